The van der Waals surface area contributed by atoms with E-state index in [-0.39, 0.29) is 41.4 Å². The van der Waals surface area contributed by atoms with Crippen LogP contribution in [0.3, 0.4) is 0 Å². The van der Waals surface area contributed by atoms with Gasteiger partial charge in [-0.2, -0.15) is 0 Å². The van der Waals surface area contributed by atoms with Crippen molar-refractivity contribution in [2.24, 2.45) is 0 Å². The lowest BCUT2D eigenvalue weighted by Crippen LogP contribution is -2.25. The Morgan fingerprint density at radius 3 is 2.55 bits per heavy atom. The summed E-state index contributed by atoms with van der Waals surface area (Å²) in [6.45, 7) is 7.71. The standard InChI is InChI=1S/C25H25N3O5/c1-5-32-25(31)21-17(4)33-23-22(21)24(30)27(14-26-23)13-20(29)19-11-15(2)28(16(19)3)12-18-9-7-6-8-10-18/h6-11,14H,5,12-13H2,1-4H3. The molecule has 0 spiro atoms. The van der Waals surface area contributed by atoms with Gasteiger partial charge in [0.2, 0.25) is 5.71 Å². The molecule has 0 fully saturated rings. The first-order chi connectivity index (χ1) is 15.8. The number of aromatic nitrogens is 3. The van der Waals surface area contributed by atoms with Crippen LogP contribution < -0.4 is 5.56 Å². The first-order valence-corrected chi connectivity index (χ1v) is 10.7. The number of hydrogen-bond acceptors (Lipinski definition) is 6. The Kier molecular flexibility index (Phi) is 6.00. The molecule has 3 heterocycles. The zero-order chi connectivity index (χ0) is 23.7. The zero-order valence-electron chi connectivity index (χ0n) is 19.0. The number of esters is 1. The zero-order valence-corrected chi connectivity index (χ0v) is 19.0. The summed E-state index contributed by atoms with van der Waals surface area (Å²) in [6.07, 6.45) is 1.27. The third-order valence-electron chi connectivity index (χ3n) is 5.71. The highest BCUT2D eigenvalue weighted by atomic mass is 16.5. The lowest BCUT2D eigenvalue weighted by molar-refractivity contribution is 0.0526. The summed E-state index contributed by atoms with van der Waals surface area (Å²) in [6, 6.07) is 11.8. The van der Waals surface area contributed by atoms with Crippen molar-refractivity contribution in [2.45, 2.75) is 40.8 Å². The maximum Gasteiger partial charge on any atom is 0.342 e. The molecule has 0 saturated heterocycles. The first-order valence-electron chi connectivity index (χ1n) is 10.7. The highest BCUT2D eigenvalue weighted by Gasteiger charge is 2.25. The number of benzene rings is 1. The second-order valence-corrected chi connectivity index (χ2v) is 7.89. The van der Waals surface area contributed by atoms with Crippen molar-refractivity contribution in [1.29, 1.82) is 0 Å². The minimum Gasteiger partial charge on any atom is -0.462 e. The second kappa shape index (κ2) is 8.90. The smallest absolute Gasteiger partial charge is 0.342 e. The molecule has 0 aliphatic carbocycles. The molecule has 0 radical (unpaired) electrons. The maximum absolute atomic E-state index is 13.2. The summed E-state index contributed by atoms with van der Waals surface area (Å²) in [4.78, 5) is 42.8. The van der Waals surface area contributed by atoms with Gasteiger partial charge in [-0.1, -0.05) is 30.3 Å². The van der Waals surface area contributed by atoms with Crippen LogP contribution in [0.1, 0.15) is 50.4 Å². The first kappa shape index (κ1) is 22.3. The van der Waals surface area contributed by atoms with Crippen LogP contribution >= 0.6 is 0 Å². The normalized spacial score (nSPS) is 11.2. The topological polar surface area (TPSA) is 96.3 Å². The molecule has 4 rings (SSSR count). The van der Waals surface area contributed by atoms with Crippen LogP contribution in [-0.4, -0.2) is 32.5 Å². The Labute approximate surface area is 190 Å². The summed E-state index contributed by atoms with van der Waals surface area (Å²) in [7, 11) is 0. The van der Waals surface area contributed by atoms with Crippen LogP contribution in [0.15, 0.2) is 51.9 Å². The quantitative estimate of drug-likeness (QED) is 0.316. The van der Waals surface area contributed by atoms with Crippen LogP contribution in [0.5, 0.6) is 0 Å². The molecule has 0 unspecified atom stereocenters. The van der Waals surface area contributed by atoms with Crippen LogP contribution in [-0.2, 0) is 17.8 Å². The third kappa shape index (κ3) is 4.11. The van der Waals surface area contributed by atoms with E-state index in [1.807, 2.05) is 50.2 Å². The van der Waals surface area contributed by atoms with Gasteiger partial charge in [0, 0.05) is 23.5 Å². The average Bonchev–Trinajstić information content (AvgIpc) is 3.28. The predicted molar refractivity (Wildman–Crippen MR) is 123 cm³/mol. The molecule has 3 aromatic heterocycles. The Bertz CT molecular complexity index is 1410. The average molecular weight is 447 g/mol. The molecule has 0 aliphatic rings. The number of carbonyl (C=O) groups excluding carboxylic acids is 2. The SMILES string of the molecule is CCOC(=O)c1c(C)oc2ncn(CC(=O)c3cc(C)n(Cc4ccccc4)c3C)c(=O)c12. The largest absolute Gasteiger partial charge is 0.462 e. The molecular weight excluding hydrogens is 422 g/mol. The van der Waals surface area contributed by atoms with Gasteiger partial charge in [0.15, 0.2) is 5.78 Å². The van der Waals surface area contributed by atoms with E-state index in [1.165, 1.54) is 10.9 Å². The molecule has 0 N–H and O–H groups in total. The van der Waals surface area contributed by atoms with Gasteiger partial charge in [-0.05, 0) is 39.3 Å². The van der Waals surface area contributed by atoms with Crippen molar-refractivity contribution < 1.29 is 18.7 Å². The van der Waals surface area contributed by atoms with Crippen molar-refractivity contribution in [3.63, 3.8) is 0 Å². The number of ketones is 1. The summed E-state index contributed by atoms with van der Waals surface area (Å²) >= 11 is 0. The van der Waals surface area contributed by atoms with Crippen molar-refractivity contribution in [2.75, 3.05) is 6.61 Å². The van der Waals surface area contributed by atoms with E-state index in [1.54, 1.807) is 13.8 Å². The van der Waals surface area contributed by atoms with Gasteiger partial charge in [0.25, 0.3) is 5.56 Å². The number of rotatable bonds is 7. The fraction of sp³-hybridized carbons (Fsp3) is 0.280. The molecule has 0 bridgehead atoms. The summed E-state index contributed by atoms with van der Waals surface area (Å²) in [5.74, 6) is -0.619. The maximum atomic E-state index is 13.2. The predicted octanol–water partition coefficient (Wildman–Crippen LogP) is 3.82. The van der Waals surface area contributed by atoms with E-state index in [0.29, 0.717) is 12.1 Å². The van der Waals surface area contributed by atoms with E-state index < -0.39 is 11.5 Å². The van der Waals surface area contributed by atoms with Crippen molar-refractivity contribution in [1.82, 2.24) is 14.1 Å². The molecule has 8 heteroatoms. The van der Waals surface area contributed by atoms with Gasteiger partial charge in [0.05, 0.1) is 13.2 Å². The number of ether oxygens (including phenoxy) is 1. The van der Waals surface area contributed by atoms with E-state index in [2.05, 4.69) is 9.55 Å². The van der Waals surface area contributed by atoms with Crippen molar-refractivity contribution in [3.8, 4) is 0 Å². The molecule has 170 valence electrons. The molecule has 4 aromatic rings. The molecule has 0 atom stereocenters. The number of Topliss-reactive ketones (excluding diaryl/α,β-unsaturated/α-hetero) is 1. The van der Waals surface area contributed by atoms with Crippen molar-refractivity contribution in [3.05, 3.63) is 86.9 Å². The summed E-state index contributed by atoms with van der Waals surface area (Å²) in [5, 5.41) is 0.0239. The Morgan fingerprint density at radius 1 is 1.12 bits per heavy atom. The van der Waals surface area contributed by atoms with Crippen LogP contribution in [0, 0.1) is 20.8 Å². The van der Waals surface area contributed by atoms with Gasteiger partial charge < -0.3 is 13.7 Å². The number of hydrogen-bond donors (Lipinski definition) is 0. The number of carbonyl (C=O) groups is 2. The van der Waals surface area contributed by atoms with Gasteiger partial charge in [-0.15, -0.1) is 0 Å². The van der Waals surface area contributed by atoms with Crippen molar-refractivity contribution >= 4 is 22.9 Å². The fourth-order valence-electron chi connectivity index (χ4n) is 4.03. The molecule has 0 aliphatic heterocycles. The van der Waals surface area contributed by atoms with Gasteiger partial charge in [-0.3, -0.25) is 14.2 Å². The molecule has 1 aromatic carbocycles. The number of furan rings is 1. The Morgan fingerprint density at radius 2 is 1.85 bits per heavy atom. The molecule has 0 amide bonds. The van der Waals surface area contributed by atoms with E-state index in [9.17, 15) is 14.4 Å². The molecular formula is C25H25N3O5. The minimum absolute atomic E-state index is 0.0239. The highest BCUT2D eigenvalue weighted by Crippen LogP contribution is 2.22. The molecule has 0 saturated carbocycles. The van der Waals surface area contributed by atoms with Gasteiger partial charge in [0.1, 0.15) is 23.0 Å². The third-order valence-corrected chi connectivity index (χ3v) is 5.71. The second-order valence-electron chi connectivity index (χ2n) is 7.89. The van der Waals surface area contributed by atoms with Gasteiger partial charge in [-0.25, -0.2) is 9.78 Å². The molecule has 8 nitrogen and oxygen atoms in total. The van der Waals surface area contributed by atoms with E-state index in [4.69, 9.17) is 9.15 Å². The number of aryl methyl sites for hydroxylation is 2. The monoisotopic (exact) mass is 447 g/mol. The van der Waals surface area contributed by atoms with Gasteiger partial charge >= 0.3 is 5.97 Å². The lowest BCUT2D eigenvalue weighted by atomic mass is 10.1. The van der Waals surface area contributed by atoms with E-state index in [0.717, 1.165) is 17.0 Å². The summed E-state index contributed by atoms with van der Waals surface area (Å²) in [5.41, 5.74) is 3.03. The summed E-state index contributed by atoms with van der Waals surface area (Å²) < 4.78 is 13.8. The molecule has 33 heavy (non-hydrogen) atoms. The Balaban J connectivity index is 1.67. The van der Waals surface area contributed by atoms with Crippen LogP contribution in [0.4, 0.5) is 0 Å². The van der Waals surface area contributed by atoms with Crippen LogP contribution in [0.2, 0.25) is 0 Å². The number of fused-ring (bicyclic) bond motifs is 1. The lowest BCUT2D eigenvalue weighted by Gasteiger charge is -2.10. The van der Waals surface area contributed by atoms with Crippen LogP contribution in [0.25, 0.3) is 11.1 Å². The number of nitrogens with zero attached hydrogens (tertiary/aromatic N) is 3. The Hall–Kier alpha value is -3.94. The fourth-order valence-corrected chi connectivity index (χ4v) is 4.03. The highest BCUT2D eigenvalue weighted by molar-refractivity contribution is 6.03. The van der Waals surface area contributed by atoms with E-state index >= 15 is 0 Å². The minimum atomic E-state index is -0.652.